The third-order valence-corrected chi connectivity index (χ3v) is 10.7. The van der Waals surface area contributed by atoms with Crippen LogP contribution in [-0.4, -0.2) is 19.9 Å². The van der Waals surface area contributed by atoms with Crippen LogP contribution in [0.25, 0.3) is 67.7 Å². The predicted molar refractivity (Wildman–Crippen MR) is 200 cm³/mol. The number of pyridine rings is 1. The second-order valence-electron chi connectivity index (χ2n) is 14.1. The Balaban J connectivity index is 1.20. The maximum atomic E-state index is 6.13. The first-order chi connectivity index (χ1) is 23.7. The Morgan fingerprint density at radius 2 is 0.857 bits per heavy atom. The monoisotopic (exact) mass is 652 g/mol. The topological polar surface area (TPSA) is 51.6 Å². The van der Waals surface area contributed by atoms with E-state index in [0.717, 1.165) is 27.9 Å². The summed E-state index contributed by atoms with van der Waals surface area (Å²) in [5.41, 5.74) is 14.7. The Morgan fingerprint density at radius 1 is 0.429 bits per heavy atom. The first-order valence-corrected chi connectivity index (χ1v) is 17.0. The smallest absolute Gasteiger partial charge is 0.165 e. The van der Waals surface area contributed by atoms with E-state index < -0.39 is 0 Å². The Labute approximate surface area is 291 Å². The molecule has 5 heteroatoms. The summed E-state index contributed by atoms with van der Waals surface area (Å²) in [4.78, 5) is 20.1. The molecule has 0 aliphatic heterocycles. The molecule has 0 saturated heterocycles. The van der Waals surface area contributed by atoms with Crippen LogP contribution >= 0.6 is 11.6 Å². The molecule has 49 heavy (non-hydrogen) atoms. The quantitative estimate of drug-likeness (QED) is 0.190. The molecule has 9 rings (SSSR count). The van der Waals surface area contributed by atoms with Crippen LogP contribution in [0, 0.1) is 0 Å². The summed E-state index contributed by atoms with van der Waals surface area (Å²) in [6.07, 6.45) is 1.84. The van der Waals surface area contributed by atoms with Gasteiger partial charge in [0.05, 0.1) is 5.69 Å². The lowest BCUT2D eigenvalue weighted by Gasteiger charge is -2.21. The van der Waals surface area contributed by atoms with E-state index in [2.05, 4.69) is 113 Å². The van der Waals surface area contributed by atoms with Gasteiger partial charge in [0, 0.05) is 44.3 Å². The van der Waals surface area contributed by atoms with Gasteiger partial charge in [-0.05, 0) is 80.9 Å². The van der Waals surface area contributed by atoms with Crippen molar-refractivity contribution in [2.75, 3.05) is 0 Å². The second kappa shape index (κ2) is 10.8. The molecular formula is C44H33ClN4. The maximum absolute atomic E-state index is 6.13. The van der Waals surface area contributed by atoms with Crippen molar-refractivity contribution >= 4 is 11.6 Å². The predicted octanol–water partition coefficient (Wildman–Crippen LogP) is 11.2. The lowest BCUT2D eigenvalue weighted by atomic mass is 9.82. The van der Waals surface area contributed by atoms with Crippen LogP contribution < -0.4 is 0 Å². The minimum Gasteiger partial charge on any atom is -0.255 e. The molecule has 0 unspecified atom stereocenters. The van der Waals surface area contributed by atoms with Crippen molar-refractivity contribution in [1.29, 1.82) is 0 Å². The first-order valence-electron chi connectivity index (χ1n) is 16.7. The maximum Gasteiger partial charge on any atom is 0.165 e. The number of nitrogens with zero attached hydrogens (tertiary/aromatic N) is 4. The minimum absolute atomic E-state index is 0.0775. The van der Waals surface area contributed by atoms with Crippen molar-refractivity contribution in [3.63, 3.8) is 0 Å². The lowest BCUT2D eigenvalue weighted by molar-refractivity contribution is 0.660. The van der Waals surface area contributed by atoms with Crippen molar-refractivity contribution in [3.05, 3.63) is 155 Å². The number of aromatic nitrogens is 4. The highest BCUT2D eigenvalue weighted by Crippen LogP contribution is 2.51. The molecule has 0 amide bonds. The zero-order valence-electron chi connectivity index (χ0n) is 27.8. The normalized spacial score (nSPS) is 14.6. The van der Waals surface area contributed by atoms with Crippen LogP contribution in [0.2, 0.25) is 5.02 Å². The Kier molecular flexibility index (Phi) is 6.53. The number of fused-ring (bicyclic) bond motifs is 6. The highest BCUT2D eigenvalue weighted by molar-refractivity contribution is 6.30. The summed E-state index contributed by atoms with van der Waals surface area (Å²) < 4.78 is 0. The molecule has 0 atom stereocenters. The SMILES string of the molecule is CC1(C)c2ccccc2-c2cc(-c3nc(-c4ccc(-c5ccc(Cl)cc5)nc4)nc(-c4ccc5c(c4)-c4ccccc4C5(C)C)n3)ccc21. The van der Waals surface area contributed by atoms with Gasteiger partial charge in [0.25, 0.3) is 0 Å². The average molecular weight is 653 g/mol. The molecule has 0 radical (unpaired) electrons. The third-order valence-electron chi connectivity index (χ3n) is 10.5. The zero-order chi connectivity index (χ0) is 33.5. The summed E-state index contributed by atoms with van der Waals surface area (Å²) in [5, 5.41) is 0.697. The van der Waals surface area contributed by atoms with Gasteiger partial charge >= 0.3 is 0 Å². The molecule has 0 saturated carbocycles. The van der Waals surface area contributed by atoms with E-state index >= 15 is 0 Å². The summed E-state index contributed by atoms with van der Waals surface area (Å²) >= 11 is 6.13. The third kappa shape index (κ3) is 4.66. The van der Waals surface area contributed by atoms with Crippen molar-refractivity contribution < 1.29 is 0 Å². The molecule has 2 aliphatic carbocycles. The van der Waals surface area contributed by atoms with Gasteiger partial charge in [-0.2, -0.15) is 0 Å². The van der Waals surface area contributed by atoms with E-state index in [1.807, 2.05) is 42.6 Å². The second-order valence-corrected chi connectivity index (χ2v) is 14.5. The fourth-order valence-corrected chi connectivity index (χ4v) is 7.93. The molecule has 7 aromatic rings. The standard InChI is InChI=1S/C44H33ClN4/c1-43(2)35-11-7-5-9-31(35)33-23-27(15-20-37(33)43)40-47-41(28-16-21-38-34(24-28)32-10-6-8-12-36(32)44(38,3)4)49-42(48-40)29-17-22-39(46-25-29)26-13-18-30(45)19-14-26/h5-25H,1-4H3. The van der Waals surface area contributed by atoms with Crippen LogP contribution in [0.3, 0.4) is 0 Å². The first kappa shape index (κ1) is 29.7. The molecular weight excluding hydrogens is 620 g/mol. The number of hydrogen-bond donors (Lipinski definition) is 0. The van der Waals surface area contributed by atoms with Crippen LogP contribution in [-0.2, 0) is 10.8 Å². The van der Waals surface area contributed by atoms with Crippen molar-refractivity contribution in [2.24, 2.45) is 0 Å². The fraction of sp³-hybridized carbons (Fsp3) is 0.136. The summed E-state index contributed by atoms with van der Waals surface area (Å²) in [7, 11) is 0. The van der Waals surface area contributed by atoms with Gasteiger partial charge in [-0.25, -0.2) is 15.0 Å². The average Bonchev–Trinajstić information content (AvgIpc) is 3.51. The van der Waals surface area contributed by atoms with Gasteiger partial charge in [0.15, 0.2) is 17.5 Å². The summed E-state index contributed by atoms with van der Waals surface area (Å²) in [5.74, 6) is 1.85. The molecule has 2 aliphatic rings. The molecule has 0 N–H and O–H groups in total. The highest BCUT2D eigenvalue weighted by Gasteiger charge is 2.36. The molecule has 0 spiro atoms. The van der Waals surface area contributed by atoms with Gasteiger partial charge in [0.2, 0.25) is 0 Å². The van der Waals surface area contributed by atoms with Crippen molar-refractivity contribution in [1.82, 2.24) is 19.9 Å². The van der Waals surface area contributed by atoms with Crippen LogP contribution in [0.4, 0.5) is 0 Å². The Morgan fingerprint density at radius 3 is 1.35 bits per heavy atom. The molecule has 0 fully saturated rings. The number of hydrogen-bond acceptors (Lipinski definition) is 4. The molecule has 236 valence electrons. The number of rotatable bonds is 4. The van der Waals surface area contributed by atoms with E-state index in [9.17, 15) is 0 Å². The van der Waals surface area contributed by atoms with E-state index in [0.29, 0.717) is 22.5 Å². The highest BCUT2D eigenvalue weighted by atomic mass is 35.5. The van der Waals surface area contributed by atoms with Gasteiger partial charge in [-0.15, -0.1) is 0 Å². The molecule has 5 aromatic carbocycles. The minimum atomic E-state index is -0.0775. The van der Waals surface area contributed by atoms with Gasteiger partial charge < -0.3 is 0 Å². The lowest BCUT2D eigenvalue weighted by Crippen LogP contribution is -2.14. The van der Waals surface area contributed by atoms with Crippen LogP contribution in [0.15, 0.2) is 128 Å². The molecule has 2 aromatic heterocycles. The van der Waals surface area contributed by atoms with Crippen LogP contribution in [0.5, 0.6) is 0 Å². The van der Waals surface area contributed by atoms with E-state index in [4.69, 9.17) is 31.5 Å². The number of halogens is 1. The molecule has 0 bridgehead atoms. The van der Waals surface area contributed by atoms with E-state index in [1.165, 1.54) is 44.5 Å². The van der Waals surface area contributed by atoms with Crippen molar-refractivity contribution in [3.8, 4) is 67.7 Å². The van der Waals surface area contributed by atoms with E-state index in [1.54, 1.807) is 0 Å². The number of benzene rings is 5. The Hall–Kier alpha value is -5.45. The van der Waals surface area contributed by atoms with Gasteiger partial charge in [0.1, 0.15) is 0 Å². The van der Waals surface area contributed by atoms with Gasteiger partial charge in [-0.1, -0.05) is 124 Å². The fourth-order valence-electron chi connectivity index (χ4n) is 7.80. The largest absolute Gasteiger partial charge is 0.255 e. The van der Waals surface area contributed by atoms with E-state index in [-0.39, 0.29) is 10.8 Å². The van der Waals surface area contributed by atoms with Crippen molar-refractivity contribution in [2.45, 2.75) is 38.5 Å². The van der Waals surface area contributed by atoms with Crippen LogP contribution in [0.1, 0.15) is 49.9 Å². The molecule has 2 heterocycles. The Bertz CT molecular complexity index is 2320. The summed E-state index contributed by atoms with van der Waals surface area (Å²) in [6.45, 7) is 9.18. The molecule has 4 nitrogen and oxygen atoms in total. The zero-order valence-corrected chi connectivity index (χ0v) is 28.5. The van der Waals surface area contributed by atoms with Gasteiger partial charge in [-0.3, -0.25) is 4.98 Å². The summed E-state index contributed by atoms with van der Waals surface area (Å²) in [6, 6.07) is 42.4.